The average molecular weight is 347 g/mol. The number of hydrogen-bond donors (Lipinski definition) is 1. The van der Waals surface area contributed by atoms with Crippen LogP contribution >= 0.6 is 27.7 Å². The Morgan fingerprint density at radius 3 is 2.95 bits per heavy atom. The van der Waals surface area contributed by atoms with Gasteiger partial charge < -0.3 is 5.11 Å². The van der Waals surface area contributed by atoms with Gasteiger partial charge in [-0.3, -0.25) is 4.79 Å². The first-order valence-electron chi connectivity index (χ1n) is 5.10. The molecule has 0 unspecified atom stereocenters. The van der Waals surface area contributed by atoms with Gasteiger partial charge in [-0.05, 0) is 34.2 Å². The van der Waals surface area contributed by atoms with Crippen LogP contribution in [0.3, 0.4) is 0 Å². The van der Waals surface area contributed by atoms with E-state index in [4.69, 9.17) is 5.11 Å². The summed E-state index contributed by atoms with van der Waals surface area (Å²) < 4.78 is 15.0. The minimum atomic E-state index is -1.03. The number of carboxylic acids is 1. The maximum absolute atomic E-state index is 13.2. The predicted molar refractivity (Wildman–Crippen MR) is 69.1 cm³/mol. The van der Waals surface area contributed by atoms with Crippen LogP contribution in [0.1, 0.15) is 5.56 Å². The van der Waals surface area contributed by atoms with Crippen molar-refractivity contribution in [2.45, 2.75) is 17.5 Å². The summed E-state index contributed by atoms with van der Waals surface area (Å²) in [7, 11) is 0. The Hall–Kier alpha value is -1.48. The smallest absolute Gasteiger partial charge is 0.325 e. The second-order valence-corrected chi connectivity index (χ2v) is 5.44. The maximum atomic E-state index is 13.2. The number of carboxylic acid groups (broad SMARTS) is 1. The number of benzene rings is 1. The Morgan fingerprint density at radius 1 is 1.47 bits per heavy atom. The van der Waals surface area contributed by atoms with Gasteiger partial charge in [0, 0.05) is 10.2 Å². The van der Waals surface area contributed by atoms with E-state index >= 15 is 0 Å². The number of hydrogen-bond acceptors (Lipinski definition) is 5. The first-order valence-corrected chi connectivity index (χ1v) is 6.88. The van der Waals surface area contributed by atoms with Crippen LogP contribution in [0.2, 0.25) is 0 Å². The van der Waals surface area contributed by atoms with Gasteiger partial charge in [0.15, 0.2) is 0 Å². The molecule has 0 aliphatic rings. The Morgan fingerprint density at radius 2 is 2.26 bits per heavy atom. The number of tetrazole rings is 1. The average Bonchev–Trinajstić information content (AvgIpc) is 2.71. The number of aliphatic carboxylic acids is 1. The highest BCUT2D eigenvalue weighted by Gasteiger charge is 2.10. The molecule has 9 heteroatoms. The molecule has 0 bridgehead atoms. The zero-order valence-corrected chi connectivity index (χ0v) is 11.9. The second kappa shape index (κ2) is 6.11. The molecule has 0 atom stereocenters. The number of halogens is 2. The molecule has 0 saturated heterocycles. The Kier molecular flexibility index (Phi) is 4.48. The minimum Gasteiger partial charge on any atom is -0.480 e. The Balaban J connectivity index is 2.06. The van der Waals surface area contributed by atoms with Crippen LogP contribution in [-0.4, -0.2) is 31.3 Å². The van der Waals surface area contributed by atoms with E-state index in [-0.39, 0.29) is 12.4 Å². The van der Waals surface area contributed by atoms with Crippen LogP contribution in [0.5, 0.6) is 0 Å². The van der Waals surface area contributed by atoms with E-state index in [1.165, 1.54) is 28.6 Å². The third kappa shape index (κ3) is 4.00. The molecular weight excluding hydrogens is 339 g/mol. The third-order valence-electron chi connectivity index (χ3n) is 2.07. The molecule has 0 amide bonds. The van der Waals surface area contributed by atoms with Gasteiger partial charge in [0.1, 0.15) is 12.4 Å². The summed E-state index contributed by atoms with van der Waals surface area (Å²) in [5.41, 5.74) is 0.752. The first-order chi connectivity index (χ1) is 9.04. The fourth-order valence-electron chi connectivity index (χ4n) is 1.37. The maximum Gasteiger partial charge on any atom is 0.325 e. The van der Waals surface area contributed by atoms with Crippen molar-refractivity contribution >= 4 is 33.7 Å². The summed E-state index contributed by atoms with van der Waals surface area (Å²) in [6.45, 7) is -0.303. The summed E-state index contributed by atoms with van der Waals surface area (Å²) in [5, 5.41) is 19.8. The standard InChI is InChI=1S/C10H8BrFN4O2S/c11-7-1-6(2-8(12)3-7)5-19-10-13-14-15-16(10)4-9(17)18/h1-3H,4-5H2,(H,17,18). The molecule has 6 nitrogen and oxygen atoms in total. The highest BCUT2D eigenvalue weighted by molar-refractivity contribution is 9.10. The van der Waals surface area contributed by atoms with E-state index in [9.17, 15) is 9.18 Å². The lowest BCUT2D eigenvalue weighted by molar-refractivity contribution is -0.138. The van der Waals surface area contributed by atoms with E-state index in [1.807, 2.05) is 0 Å². The van der Waals surface area contributed by atoms with Crippen LogP contribution < -0.4 is 0 Å². The number of thioether (sulfide) groups is 1. The molecule has 0 radical (unpaired) electrons. The highest BCUT2D eigenvalue weighted by atomic mass is 79.9. The summed E-state index contributed by atoms with van der Waals surface area (Å²) >= 11 is 4.45. The normalized spacial score (nSPS) is 10.6. The lowest BCUT2D eigenvalue weighted by Gasteiger charge is -2.03. The van der Waals surface area contributed by atoms with Gasteiger partial charge >= 0.3 is 5.97 Å². The second-order valence-electron chi connectivity index (χ2n) is 3.58. The Bertz CT molecular complexity index is 587. The Labute approximate surface area is 120 Å². The SMILES string of the molecule is O=C(O)Cn1nnnc1SCc1cc(F)cc(Br)c1. The highest BCUT2D eigenvalue weighted by Crippen LogP contribution is 2.23. The van der Waals surface area contributed by atoms with Gasteiger partial charge in [0.05, 0.1) is 0 Å². The van der Waals surface area contributed by atoms with Crippen LogP contribution in [0, 0.1) is 5.82 Å². The fraction of sp³-hybridized carbons (Fsp3) is 0.200. The van der Waals surface area contributed by atoms with Gasteiger partial charge in [0.25, 0.3) is 0 Å². The molecular formula is C10H8BrFN4O2S. The van der Waals surface area contributed by atoms with Crippen LogP contribution in [-0.2, 0) is 17.1 Å². The summed E-state index contributed by atoms with van der Waals surface area (Å²) in [6, 6.07) is 4.55. The molecule has 19 heavy (non-hydrogen) atoms. The fourth-order valence-corrected chi connectivity index (χ4v) is 2.69. The summed E-state index contributed by atoms with van der Waals surface area (Å²) in [4.78, 5) is 10.6. The minimum absolute atomic E-state index is 0.303. The van der Waals surface area contributed by atoms with Crippen molar-refractivity contribution < 1.29 is 14.3 Å². The number of rotatable bonds is 5. The summed E-state index contributed by atoms with van der Waals surface area (Å²) in [5.74, 6) is -0.922. The number of aromatic nitrogens is 4. The van der Waals surface area contributed by atoms with E-state index in [0.717, 1.165) is 5.56 Å². The van der Waals surface area contributed by atoms with Crippen LogP contribution in [0.25, 0.3) is 0 Å². The summed E-state index contributed by atoms with van der Waals surface area (Å²) in [6.07, 6.45) is 0. The lowest BCUT2D eigenvalue weighted by atomic mass is 10.2. The van der Waals surface area contributed by atoms with Gasteiger partial charge in [0.2, 0.25) is 5.16 Å². The van der Waals surface area contributed by atoms with Crippen molar-refractivity contribution in [1.29, 1.82) is 0 Å². The van der Waals surface area contributed by atoms with Gasteiger partial charge in [-0.1, -0.05) is 27.7 Å². The largest absolute Gasteiger partial charge is 0.480 e. The van der Waals surface area contributed by atoms with Crippen molar-refractivity contribution in [3.05, 3.63) is 34.1 Å². The molecule has 1 N–H and O–H groups in total. The van der Waals surface area contributed by atoms with Crippen LogP contribution in [0.15, 0.2) is 27.8 Å². The molecule has 1 aromatic heterocycles. The van der Waals surface area contributed by atoms with E-state index < -0.39 is 5.97 Å². The topological polar surface area (TPSA) is 80.9 Å². The van der Waals surface area contributed by atoms with E-state index in [1.54, 1.807) is 6.07 Å². The molecule has 1 heterocycles. The van der Waals surface area contributed by atoms with Gasteiger partial charge in [-0.2, -0.15) is 0 Å². The van der Waals surface area contributed by atoms with Crippen molar-refractivity contribution in [1.82, 2.24) is 20.2 Å². The molecule has 2 aromatic rings. The first kappa shape index (κ1) is 13.9. The number of carbonyl (C=O) groups is 1. The van der Waals surface area contributed by atoms with Gasteiger partial charge in [-0.25, -0.2) is 9.07 Å². The zero-order valence-electron chi connectivity index (χ0n) is 9.45. The van der Waals surface area contributed by atoms with Crippen molar-refractivity contribution in [3.63, 3.8) is 0 Å². The molecule has 0 spiro atoms. The molecule has 1 aromatic carbocycles. The van der Waals surface area contributed by atoms with E-state index in [2.05, 4.69) is 31.5 Å². The molecule has 0 aliphatic carbocycles. The van der Waals surface area contributed by atoms with Crippen LogP contribution in [0.4, 0.5) is 4.39 Å². The third-order valence-corrected chi connectivity index (χ3v) is 3.56. The zero-order chi connectivity index (χ0) is 13.8. The molecule has 0 fully saturated rings. The molecule has 2 rings (SSSR count). The molecule has 100 valence electrons. The predicted octanol–water partition coefficient (Wildman–Crippen LogP) is 1.95. The molecule has 0 saturated carbocycles. The lowest BCUT2D eigenvalue weighted by Crippen LogP contribution is -2.11. The van der Waals surface area contributed by atoms with Gasteiger partial charge in [-0.15, -0.1) is 5.10 Å². The molecule has 0 aliphatic heterocycles. The van der Waals surface area contributed by atoms with Crippen molar-refractivity contribution in [3.8, 4) is 0 Å². The quantitative estimate of drug-likeness (QED) is 0.833. The van der Waals surface area contributed by atoms with Crippen molar-refractivity contribution in [2.24, 2.45) is 0 Å². The van der Waals surface area contributed by atoms with Crippen molar-refractivity contribution in [2.75, 3.05) is 0 Å². The van der Waals surface area contributed by atoms with E-state index in [0.29, 0.717) is 15.4 Å². The number of nitrogens with zero attached hydrogens (tertiary/aromatic N) is 4. The monoisotopic (exact) mass is 346 g/mol.